The van der Waals surface area contributed by atoms with Crippen molar-refractivity contribution in [3.8, 4) is 5.75 Å². The van der Waals surface area contributed by atoms with Crippen molar-refractivity contribution in [3.63, 3.8) is 0 Å². The molecule has 1 nitrogen and oxygen atoms in total. The van der Waals surface area contributed by atoms with Gasteiger partial charge in [0.1, 0.15) is 5.75 Å². The largest absolute Gasteiger partial charge is 0.493 e. The molecule has 2 rings (SSSR count). The highest BCUT2D eigenvalue weighted by Crippen LogP contribution is 2.25. The van der Waals surface area contributed by atoms with Crippen LogP contribution in [0.4, 0.5) is 0 Å². The molecule has 1 heteroatoms. The molecule has 0 radical (unpaired) electrons. The number of ether oxygens (including phenoxy) is 1. The summed E-state index contributed by atoms with van der Waals surface area (Å²) in [5.74, 6) is 1.14. The van der Waals surface area contributed by atoms with Crippen LogP contribution in [0.3, 0.4) is 0 Å². The summed E-state index contributed by atoms with van der Waals surface area (Å²) in [5, 5.41) is 0. The van der Waals surface area contributed by atoms with Crippen molar-refractivity contribution in [3.05, 3.63) is 64.7 Å². The standard InChI is InChI=1S/C35H56O/c1-4-6-7-8-9-14-17-22-30-36-35-29-23-28-33(34(35)5-2)27-19-16-13-11-10-12-15-18-25-32-26-21-20-24-31(32)3/h20-21,23-24,26,28-29H,4-19,22,25,27,30H2,1-3H3. The van der Waals surface area contributed by atoms with Crippen LogP contribution >= 0.6 is 0 Å². The van der Waals surface area contributed by atoms with Gasteiger partial charge in [-0.15, -0.1) is 0 Å². The molecule has 202 valence electrons. The maximum Gasteiger partial charge on any atom is 0.122 e. The fraction of sp³-hybridized carbons (Fsp3) is 0.657. The molecule has 0 aliphatic heterocycles. The topological polar surface area (TPSA) is 9.23 Å². The van der Waals surface area contributed by atoms with E-state index in [1.165, 1.54) is 138 Å². The molecule has 0 fully saturated rings. The van der Waals surface area contributed by atoms with Crippen LogP contribution in [0.25, 0.3) is 0 Å². The minimum absolute atomic E-state index is 0.871. The van der Waals surface area contributed by atoms with Crippen LogP contribution in [0, 0.1) is 6.92 Å². The lowest BCUT2D eigenvalue weighted by Crippen LogP contribution is -2.03. The molecule has 0 heterocycles. The van der Waals surface area contributed by atoms with Crippen molar-refractivity contribution in [2.24, 2.45) is 0 Å². The first kappa shape index (κ1) is 30.5. The van der Waals surface area contributed by atoms with Crippen molar-refractivity contribution < 1.29 is 4.74 Å². The molecular weight excluding hydrogens is 436 g/mol. The van der Waals surface area contributed by atoms with E-state index < -0.39 is 0 Å². The fourth-order valence-electron chi connectivity index (χ4n) is 5.38. The van der Waals surface area contributed by atoms with Gasteiger partial charge in [-0.3, -0.25) is 0 Å². The third-order valence-corrected chi connectivity index (χ3v) is 7.74. The van der Waals surface area contributed by atoms with Crippen molar-refractivity contribution in [1.82, 2.24) is 0 Å². The van der Waals surface area contributed by atoms with Gasteiger partial charge in [-0.1, -0.05) is 134 Å². The Morgan fingerprint density at radius 3 is 1.67 bits per heavy atom. The third kappa shape index (κ3) is 13.0. The smallest absolute Gasteiger partial charge is 0.122 e. The van der Waals surface area contributed by atoms with Crippen LogP contribution in [0.15, 0.2) is 42.5 Å². The monoisotopic (exact) mass is 492 g/mol. The lowest BCUT2D eigenvalue weighted by atomic mass is 9.97. The predicted octanol–water partition coefficient (Wildman–Crippen LogP) is 11.0. The molecule has 0 aromatic heterocycles. The summed E-state index contributed by atoms with van der Waals surface area (Å²) in [7, 11) is 0. The molecule has 36 heavy (non-hydrogen) atoms. The zero-order valence-electron chi connectivity index (χ0n) is 24.1. The highest BCUT2D eigenvalue weighted by atomic mass is 16.5. The minimum Gasteiger partial charge on any atom is -0.493 e. The minimum atomic E-state index is 0.871. The fourth-order valence-corrected chi connectivity index (χ4v) is 5.38. The third-order valence-electron chi connectivity index (χ3n) is 7.74. The summed E-state index contributed by atoms with van der Waals surface area (Å²) in [6.45, 7) is 7.67. The molecule has 2 aromatic carbocycles. The number of hydrogen-bond acceptors (Lipinski definition) is 1. The molecule has 0 atom stereocenters. The van der Waals surface area contributed by atoms with Crippen molar-refractivity contribution in [1.29, 1.82) is 0 Å². The normalized spacial score (nSPS) is 11.2. The zero-order chi connectivity index (χ0) is 25.7. The van der Waals surface area contributed by atoms with Gasteiger partial charge in [0.25, 0.3) is 0 Å². The predicted molar refractivity (Wildman–Crippen MR) is 159 cm³/mol. The van der Waals surface area contributed by atoms with Gasteiger partial charge in [-0.2, -0.15) is 0 Å². The van der Waals surface area contributed by atoms with Crippen LogP contribution in [0.5, 0.6) is 5.75 Å². The Morgan fingerprint density at radius 1 is 0.528 bits per heavy atom. The van der Waals surface area contributed by atoms with Crippen LogP contribution in [0.2, 0.25) is 0 Å². The van der Waals surface area contributed by atoms with Gasteiger partial charge in [-0.25, -0.2) is 0 Å². The Bertz CT molecular complexity index is 793. The number of hydrogen-bond donors (Lipinski definition) is 0. The number of unbranched alkanes of at least 4 members (excludes halogenated alkanes) is 14. The molecule has 0 aliphatic carbocycles. The molecule has 0 N–H and O–H groups in total. The van der Waals surface area contributed by atoms with E-state index in [0.29, 0.717) is 0 Å². The van der Waals surface area contributed by atoms with E-state index in [1.54, 1.807) is 0 Å². The van der Waals surface area contributed by atoms with Crippen molar-refractivity contribution >= 4 is 0 Å². The lowest BCUT2D eigenvalue weighted by molar-refractivity contribution is 0.301. The maximum absolute atomic E-state index is 6.24. The van der Waals surface area contributed by atoms with Crippen LogP contribution in [-0.4, -0.2) is 6.61 Å². The Morgan fingerprint density at radius 2 is 1.06 bits per heavy atom. The molecular formula is C35H56O. The maximum atomic E-state index is 6.24. The Hall–Kier alpha value is -1.76. The van der Waals surface area contributed by atoms with Gasteiger partial charge in [0, 0.05) is 0 Å². The Labute approximate surface area is 224 Å². The molecule has 2 aromatic rings. The second-order valence-corrected chi connectivity index (χ2v) is 10.8. The van der Waals surface area contributed by atoms with Crippen LogP contribution < -0.4 is 4.74 Å². The highest BCUT2D eigenvalue weighted by Gasteiger charge is 2.08. The SMILES string of the molecule is CCCCCCCCCCOc1cccc(CCCCCCCCCCc2ccccc2C)c1CC. The molecule has 0 aliphatic rings. The Kier molecular flexibility index (Phi) is 17.2. The van der Waals surface area contributed by atoms with E-state index in [1.807, 2.05) is 0 Å². The van der Waals surface area contributed by atoms with E-state index in [2.05, 4.69) is 63.2 Å². The molecule has 0 amide bonds. The summed E-state index contributed by atoms with van der Waals surface area (Å²) >= 11 is 0. The van der Waals surface area contributed by atoms with Gasteiger partial charge in [0.2, 0.25) is 0 Å². The number of aryl methyl sites for hydroxylation is 3. The molecule has 0 saturated carbocycles. The van der Waals surface area contributed by atoms with Crippen LogP contribution in [-0.2, 0) is 19.3 Å². The lowest BCUT2D eigenvalue weighted by Gasteiger charge is -2.15. The second-order valence-electron chi connectivity index (χ2n) is 10.8. The highest BCUT2D eigenvalue weighted by molar-refractivity contribution is 5.40. The average Bonchev–Trinajstić information content (AvgIpc) is 2.89. The van der Waals surface area contributed by atoms with Gasteiger partial charge in [0.15, 0.2) is 0 Å². The average molecular weight is 493 g/mol. The van der Waals surface area contributed by atoms with Gasteiger partial charge in [-0.05, 0) is 73.8 Å². The van der Waals surface area contributed by atoms with E-state index in [9.17, 15) is 0 Å². The van der Waals surface area contributed by atoms with Gasteiger partial charge < -0.3 is 4.74 Å². The first-order valence-corrected chi connectivity index (χ1v) is 15.5. The summed E-state index contributed by atoms with van der Waals surface area (Å²) in [4.78, 5) is 0. The number of benzene rings is 2. The van der Waals surface area contributed by atoms with Gasteiger partial charge in [0.05, 0.1) is 6.61 Å². The zero-order valence-corrected chi connectivity index (χ0v) is 24.1. The quantitative estimate of drug-likeness (QED) is 0.148. The first-order valence-electron chi connectivity index (χ1n) is 15.5. The van der Waals surface area contributed by atoms with E-state index in [0.717, 1.165) is 18.8 Å². The number of rotatable bonds is 22. The van der Waals surface area contributed by atoms with E-state index in [4.69, 9.17) is 4.74 Å². The molecule has 0 unspecified atom stereocenters. The molecule has 0 spiro atoms. The first-order chi connectivity index (χ1) is 17.8. The van der Waals surface area contributed by atoms with Crippen molar-refractivity contribution in [2.45, 2.75) is 143 Å². The summed E-state index contributed by atoms with van der Waals surface area (Å²) in [6, 6.07) is 15.6. The van der Waals surface area contributed by atoms with Crippen LogP contribution in [0.1, 0.15) is 139 Å². The van der Waals surface area contributed by atoms with E-state index >= 15 is 0 Å². The second kappa shape index (κ2) is 20.3. The summed E-state index contributed by atoms with van der Waals surface area (Å²) in [6.07, 6.45) is 25.3. The summed E-state index contributed by atoms with van der Waals surface area (Å²) in [5.41, 5.74) is 5.95. The molecule has 0 bridgehead atoms. The Balaban J connectivity index is 1.52. The summed E-state index contributed by atoms with van der Waals surface area (Å²) < 4.78 is 6.24. The van der Waals surface area contributed by atoms with Crippen molar-refractivity contribution in [2.75, 3.05) is 6.61 Å². The van der Waals surface area contributed by atoms with E-state index in [-0.39, 0.29) is 0 Å². The molecule has 0 saturated heterocycles. The van der Waals surface area contributed by atoms with Gasteiger partial charge >= 0.3 is 0 Å².